The molecule has 1 unspecified atom stereocenters. The second-order valence-electron chi connectivity index (χ2n) is 7.02. The molecule has 2 heterocycles. The fourth-order valence-corrected chi connectivity index (χ4v) is 3.33. The van der Waals surface area contributed by atoms with Crippen LogP contribution in [-0.2, 0) is 4.74 Å². The van der Waals surface area contributed by atoms with Crippen LogP contribution in [0.4, 0.5) is 4.79 Å². The van der Waals surface area contributed by atoms with E-state index in [9.17, 15) is 9.59 Å². The maximum atomic E-state index is 12.9. The number of hydrogen-bond donors (Lipinski definition) is 1. The summed E-state index contributed by atoms with van der Waals surface area (Å²) in [6, 6.07) is 19.3. The second-order valence-corrected chi connectivity index (χ2v) is 7.02. The summed E-state index contributed by atoms with van der Waals surface area (Å²) in [5.41, 5.74) is 2.04. The van der Waals surface area contributed by atoms with Crippen LogP contribution in [0.15, 0.2) is 78.0 Å². The quantitative estimate of drug-likeness (QED) is 0.597. The highest BCUT2D eigenvalue weighted by molar-refractivity contribution is 6.04. The van der Waals surface area contributed by atoms with Gasteiger partial charge in [-0.3, -0.25) is 9.78 Å². The van der Waals surface area contributed by atoms with Crippen molar-refractivity contribution in [2.75, 3.05) is 20.8 Å². The van der Waals surface area contributed by atoms with Crippen molar-refractivity contribution in [3.05, 3.63) is 89.7 Å². The molecule has 0 spiro atoms. The highest BCUT2D eigenvalue weighted by Crippen LogP contribution is 2.29. The number of nitrogens with zero attached hydrogens (tertiary/aromatic N) is 3. The molecule has 1 aliphatic heterocycles. The summed E-state index contributed by atoms with van der Waals surface area (Å²) >= 11 is 0. The van der Waals surface area contributed by atoms with Gasteiger partial charge in [0.25, 0.3) is 5.91 Å². The lowest BCUT2D eigenvalue weighted by Crippen LogP contribution is -2.45. The number of hydrazone groups is 1. The molecule has 3 aromatic rings. The van der Waals surface area contributed by atoms with Gasteiger partial charge in [-0.2, -0.15) is 10.1 Å². The van der Waals surface area contributed by atoms with Gasteiger partial charge in [-0.1, -0.05) is 36.4 Å². The molecular weight excluding hydrogens is 424 g/mol. The molecule has 2 amide bonds. The third-order valence-corrected chi connectivity index (χ3v) is 4.99. The highest BCUT2D eigenvalue weighted by atomic mass is 16.6. The zero-order valence-corrected chi connectivity index (χ0v) is 18.1. The van der Waals surface area contributed by atoms with E-state index in [4.69, 9.17) is 14.2 Å². The Bertz CT molecular complexity index is 1170. The standard InChI is InChI=1S/C24H22N4O5/c1-31-20-12-11-17(14-21(20)32-2)19-15-33-24(30)28(27-19)22(16-8-4-3-5-9-16)26-23(29)18-10-6-7-13-25-18/h3-14,22H,15H2,1-2H3,(H,26,29). The minimum absolute atomic E-state index is 0.0273. The minimum atomic E-state index is -0.913. The number of carbonyl (C=O) groups is 2. The number of ether oxygens (including phenoxy) is 3. The van der Waals surface area contributed by atoms with Gasteiger partial charge in [-0.25, -0.2) is 4.79 Å². The number of aromatic nitrogens is 1. The topological polar surface area (TPSA) is 102 Å². The predicted octanol–water partition coefficient (Wildman–Crippen LogP) is 3.38. The average molecular weight is 446 g/mol. The summed E-state index contributed by atoms with van der Waals surface area (Å²) in [5, 5.41) is 8.48. The van der Waals surface area contributed by atoms with Crippen LogP contribution in [0.1, 0.15) is 27.8 Å². The van der Waals surface area contributed by atoms with Crippen molar-refractivity contribution < 1.29 is 23.8 Å². The van der Waals surface area contributed by atoms with Crippen molar-refractivity contribution in [3.63, 3.8) is 0 Å². The minimum Gasteiger partial charge on any atom is -0.493 e. The van der Waals surface area contributed by atoms with E-state index in [0.29, 0.717) is 28.3 Å². The summed E-state index contributed by atoms with van der Waals surface area (Å²) < 4.78 is 16.0. The van der Waals surface area contributed by atoms with Gasteiger partial charge in [0.1, 0.15) is 18.0 Å². The monoisotopic (exact) mass is 446 g/mol. The van der Waals surface area contributed by atoms with Gasteiger partial charge in [0.2, 0.25) is 0 Å². The maximum Gasteiger partial charge on any atom is 0.433 e. The van der Waals surface area contributed by atoms with Crippen LogP contribution in [0.2, 0.25) is 0 Å². The third kappa shape index (κ3) is 4.77. The summed E-state index contributed by atoms with van der Waals surface area (Å²) in [4.78, 5) is 29.6. The highest BCUT2D eigenvalue weighted by Gasteiger charge is 2.32. The van der Waals surface area contributed by atoms with Gasteiger partial charge >= 0.3 is 6.09 Å². The molecule has 0 saturated carbocycles. The van der Waals surface area contributed by atoms with Crippen molar-refractivity contribution in [2.45, 2.75) is 6.17 Å². The number of carbonyl (C=O) groups excluding carboxylic acids is 2. The van der Waals surface area contributed by atoms with Gasteiger partial charge in [-0.05, 0) is 35.9 Å². The maximum absolute atomic E-state index is 12.9. The zero-order chi connectivity index (χ0) is 23.2. The van der Waals surface area contributed by atoms with Crippen molar-refractivity contribution in [2.24, 2.45) is 5.10 Å². The van der Waals surface area contributed by atoms with Crippen LogP contribution in [-0.4, -0.2) is 48.5 Å². The van der Waals surface area contributed by atoms with Crippen LogP contribution >= 0.6 is 0 Å². The Morgan fingerprint density at radius 2 is 1.79 bits per heavy atom. The Hall–Kier alpha value is -4.40. The summed E-state index contributed by atoms with van der Waals surface area (Å²) in [6.07, 6.45) is -0.0763. The molecule has 0 aliphatic carbocycles. The summed E-state index contributed by atoms with van der Waals surface area (Å²) in [7, 11) is 3.09. The SMILES string of the molecule is COc1ccc(C2=NN(C(NC(=O)c3ccccn3)c3ccccc3)C(=O)OC2)cc1OC. The molecule has 1 aliphatic rings. The molecule has 0 saturated heterocycles. The van der Waals surface area contributed by atoms with E-state index in [1.807, 2.05) is 18.2 Å². The van der Waals surface area contributed by atoms with Crippen LogP contribution in [0.3, 0.4) is 0 Å². The molecule has 2 aromatic carbocycles. The molecule has 0 fully saturated rings. The van der Waals surface area contributed by atoms with Crippen molar-refractivity contribution in [3.8, 4) is 11.5 Å². The van der Waals surface area contributed by atoms with E-state index < -0.39 is 18.2 Å². The number of methoxy groups -OCH3 is 2. The molecule has 0 radical (unpaired) electrons. The van der Waals surface area contributed by atoms with E-state index >= 15 is 0 Å². The molecule has 4 rings (SSSR count). The Morgan fingerprint density at radius 1 is 1.03 bits per heavy atom. The van der Waals surface area contributed by atoms with Gasteiger partial charge in [0.05, 0.1) is 14.2 Å². The second kappa shape index (κ2) is 9.82. The summed E-state index contributed by atoms with van der Waals surface area (Å²) in [6.45, 7) is -0.0273. The molecule has 168 valence electrons. The Kier molecular flexibility index (Phi) is 6.49. The van der Waals surface area contributed by atoms with Gasteiger partial charge in [0, 0.05) is 11.8 Å². The molecule has 1 atom stereocenters. The first-order valence-electron chi connectivity index (χ1n) is 10.1. The van der Waals surface area contributed by atoms with Crippen LogP contribution in [0, 0.1) is 0 Å². The molecule has 33 heavy (non-hydrogen) atoms. The van der Waals surface area contributed by atoms with E-state index in [1.54, 1.807) is 55.6 Å². The van der Waals surface area contributed by atoms with E-state index in [1.165, 1.54) is 13.3 Å². The van der Waals surface area contributed by atoms with Gasteiger partial charge in [-0.15, -0.1) is 0 Å². The van der Waals surface area contributed by atoms with Gasteiger partial charge < -0.3 is 19.5 Å². The number of rotatable bonds is 7. The van der Waals surface area contributed by atoms with Crippen molar-refractivity contribution in [1.29, 1.82) is 0 Å². The number of cyclic esters (lactones) is 1. The third-order valence-electron chi connectivity index (χ3n) is 4.99. The Labute approximate surface area is 190 Å². The number of amides is 2. The molecule has 0 bridgehead atoms. The first kappa shape index (κ1) is 21.8. The predicted molar refractivity (Wildman–Crippen MR) is 120 cm³/mol. The van der Waals surface area contributed by atoms with E-state index in [2.05, 4.69) is 15.4 Å². The number of benzene rings is 2. The average Bonchev–Trinajstić information content (AvgIpc) is 2.88. The fraction of sp³-hybridized carbons (Fsp3) is 0.167. The number of hydrogen-bond acceptors (Lipinski definition) is 7. The normalized spacial score (nSPS) is 14.1. The van der Waals surface area contributed by atoms with Crippen LogP contribution < -0.4 is 14.8 Å². The van der Waals surface area contributed by atoms with Crippen LogP contribution in [0.5, 0.6) is 11.5 Å². The lowest BCUT2D eigenvalue weighted by Gasteiger charge is -2.31. The molecular formula is C24H22N4O5. The molecule has 9 nitrogen and oxygen atoms in total. The Morgan fingerprint density at radius 3 is 2.48 bits per heavy atom. The largest absolute Gasteiger partial charge is 0.493 e. The van der Waals surface area contributed by atoms with Crippen LogP contribution in [0.25, 0.3) is 0 Å². The van der Waals surface area contributed by atoms with E-state index in [-0.39, 0.29) is 12.3 Å². The molecule has 1 aromatic heterocycles. The smallest absolute Gasteiger partial charge is 0.433 e. The number of pyridine rings is 1. The summed E-state index contributed by atoms with van der Waals surface area (Å²) in [5.74, 6) is 0.631. The molecule has 9 heteroatoms. The lowest BCUT2D eigenvalue weighted by atomic mass is 10.1. The van der Waals surface area contributed by atoms with E-state index in [0.717, 1.165) is 5.01 Å². The van der Waals surface area contributed by atoms with Crippen molar-refractivity contribution in [1.82, 2.24) is 15.3 Å². The first-order valence-corrected chi connectivity index (χ1v) is 10.1. The fourth-order valence-electron chi connectivity index (χ4n) is 3.33. The van der Waals surface area contributed by atoms with Crippen molar-refractivity contribution >= 4 is 17.7 Å². The number of nitrogens with one attached hydrogen (secondary N) is 1. The van der Waals surface area contributed by atoms with Gasteiger partial charge in [0.15, 0.2) is 17.7 Å². The molecule has 1 N–H and O–H groups in total. The zero-order valence-electron chi connectivity index (χ0n) is 18.1. The lowest BCUT2D eigenvalue weighted by molar-refractivity contribution is 0.0699. The Balaban J connectivity index is 1.71. The first-order chi connectivity index (χ1) is 16.1.